The van der Waals surface area contributed by atoms with E-state index in [1.54, 1.807) is 11.6 Å². The van der Waals surface area contributed by atoms with Crippen molar-refractivity contribution < 1.29 is 14.6 Å². The number of carboxylic acid groups (broad SMARTS) is 1. The van der Waals surface area contributed by atoms with Gasteiger partial charge in [-0.25, -0.2) is 0 Å². The molecule has 0 spiro atoms. The molecule has 0 unspecified atom stereocenters. The lowest BCUT2D eigenvalue weighted by molar-refractivity contribution is -0.133. The van der Waals surface area contributed by atoms with Crippen LogP contribution in [0.4, 0.5) is 0 Å². The third kappa shape index (κ3) is 4.48. The van der Waals surface area contributed by atoms with Gasteiger partial charge in [-0.3, -0.25) is 4.79 Å². The number of para-hydroxylation sites is 1. The Bertz CT molecular complexity index is 692. The minimum atomic E-state index is -0.880. The quantitative estimate of drug-likeness (QED) is 0.818. The van der Waals surface area contributed by atoms with Crippen LogP contribution < -0.4 is 4.74 Å². The van der Waals surface area contributed by atoms with Crippen LogP contribution in [0.2, 0.25) is 0 Å². The van der Waals surface area contributed by atoms with Crippen LogP contribution in [0, 0.1) is 0 Å². The first-order chi connectivity index (χ1) is 10.8. The van der Waals surface area contributed by atoms with Gasteiger partial charge in [0.2, 0.25) is 0 Å². The summed E-state index contributed by atoms with van der Waals surface area (Å²) in [7, 11) is 1.80. The summed E-state index contributed by atoms with van der Waals surface area (Å²) < 4.78 is 7.68. The van der Waals surface area contributed by atoms with Gasteiger partial charge in [-0.1, -0.05) is 50.7 Å². The first kappa shape index (κ1) is 17.3. The van der Waals surface area contributed by atoms with Gasteiger partial charge in [0.25, 0.3) is 0 Å². The zero-order valence-electron chi connectivity index (χ0n) is 13.7. The summed E-state index contributed by atoms with van der Waals surface area (Å²) in [6.07, 6.45) is 0. The van der Waals surface area contributed by atoms with Gasteiger partial charge in [-0.15, -0.1) is 10.2 Å². The molecule has 23 heavy (non-hydrogen) atoms. The number of rotatable bonds is 6. The molecule has 0 fully saturated rings. The van der Waals surface area contributed by atoms with E-state index in [1.807, 2.05) is 18.2 Å². The van der Waals surface area contributed by atoms with Crippen LogP contribution in [-0.4, -0.2) is 31.6 Å². The molecule has 0 amide bonds. The summed E-state index contributed by atoms with van der Waals surface area (Å²) >= 11 is 1.14. The predicted molar refractivity (Wildman–Crippen MR) is 88.8 cm³/mol. The van der Waals surface area contributed by atoms with Crippen molar-refractivity contribution in [3.63, 3.8) is 0 Å². The largest absolute Gasteiger partial charge is 0.485 e. The van der Waals surface area contributed by atoms with Gasteiger partial charge in [-0.05, 0) is 17.0 Å². The molecule has 1 heterocycles. The highest BCUT2D eigenvalue weighted by Gasteiger charge is 2.19. The van der Waals surface area contributed by atoms with E-state index in [1.165, 1.54) is 0 Å². The normalized spacial score (nSPS) is 11.5. The minimum Gasteiger partial charge on any atom is -0.485 e. The maximum absolute atomic E-state index is 10.6. The summed E-state index contributed by atoms with van der Waals surface area (Å²) in [4.78, 5) is 10.6. The Morgan fingerprint density at radius 3 is 2.65 bits per heavy atom. The predicted octanol–water partition coefficient (Wildman–Crippen LogP) is 2.87. The van der Waals surface area contributed by atoms with Crippen molar-refractivity contribution in [2.24, 2.45) is 7.05 Å². The van der Waals surface area contributed by atoms with Crippen molar-refractivity contribution in [2.45, 2.75) is 37.9 Å². The molecule has 1 aromatic carbocycles. The summed E-state index contributed by atoms with van der Waals surface area (Å²) in [5, 5.41) is 17.4. The third-order valence-electron chi connectivity index (χ3n) is 3.30. The Hall–Kier alpha value is -2.02. The number of benzene rings is 1. The molecule has 0 saturated carbocycles. The van der Waals surface area contributed by atoms with Gasteiger partial charge in [-0.2, -0.15) is 0 Å². The Morgan fingerprint density at radius 2 is 2.00 bits per heavy atom. The molecule has 6 nitrogen and oxygen atoms in total. The average Bonchev–Trinajstić information content (AvgIpc) is 2.83. The van der Waals surface area contributed by atoms with Gasteiger partial charge in [0.15, 0.2) is 11.0 Å². The number of carboxylic acids is 1. The van der Waals surface area contributed by atoms with E-state index in [-0.39, 0.29) is 17.8 Å². The molecule has 0 saturated heterocycles. The molecule has 0 radical (unpaired) electrons. The Kier molecular flexibility index (Phi) is 5.30. The number of thioether (sulfide) groups is 1. The van der Waals surface area contributed by atoms with Crippen LogP contribution in [0.15, 0.2) is 29.4 Å². The number of hydrogen-bond donors (Lipinski definition) is 1. The van der Waals surface area contributed by atoms with E-state index in [4.69, 9.17) is 9.84 Å². The summed E-state index contributed by atoms with van der Waals surface area (Å²) in [5.41, 5.74) is 1.11. The molecule has 1 aromatic heterocycles. The molecule has 1 N–H and O–H groups in total. The van der Waals surface area contributed by atoms with E-state index in [2.05, 4.69) is 37.0 Å². The monoisotopic (exact) mass is 335 g/mol. The lowest BCUT2D eigenvalue weighted by Crippen LogP contribution is -2.14. The number of carbonyl (C=O) groups is 1. The smallest absolute Gasteiger partial charge is 0.313 e. The van der Waals surface area contributed by atoms with Gasteiger partial charge < -0.3 is 14.4 Å². The van der Waals surface area contributed by atoms with Crippen molar-refractivity contribution >= 4 is 17.7 Å². The molecule has 0 aliphatic heterocycles. The van der Waals surface area contributed by atoms with Crippen LogP contribution in [0.5, 0.6) is 5.75 Å². The van der Waals surface area contributed by atoms with Crippen molar-refractivity contribution in [1.29, 1.82) is 0 Å². The van der Waals surface area contributed by atoms with E-state index in [0.717, 1.165) is 23.1 Å². The van der Waals surface area contributed by atoms with Crippen molar-refractivity contribution in [3.05, 3.63) is 35.7 Å². The van der Waals surface area contributed by atoms with Crippen molar-refractivity contribution in [2.75, 3.05) is 5.75 Å². The fraction of sp³-hybridized carbons (Fsp3) is 0.438. The number of aliphatic carboxylic acids is 1. The topological polar surface area (TPSA) is 77.2 Å². The van der Waals surface area contributed by atoms with Gasteiger partial charge in [0, 0.05) is 7.05 Å². The van der Waals surface area contributed by atoms with Crippen molar-refractivity contribution in [3.8, 4) is 5.75 Å². The SMILES string of the molecule is Cn1c(COc2ccccc2C(C)(C)C)nnc1SCC(=O)O. The number of hydrogen-bond acceptors (Lipinski definition) is 5. The third-order valence-corrected chi connectivity index (χ3v) is 4.31. The molecule has 0 aliphatic rings. The Morgan fingerprint density at radius 1 is 1.30 bits per heavy atom. The van der Waals surface area contributed by atoms with E-state index >= 15 is 0 Å². The summed E-state index contributed by atoms with van der Waals surface area (Å²) in [6.45, 7) is 6.69. The highest BCUT2D eigenvalue weighted by atomic mass is 32.2. The Balaban J connectivity index is 2.09. The Labute approximate surface area is 139 Å². The lowest BCUT2D eigenvalue weighted by atomic mass is 9.86. The minimum absolute atomic E-state index is 0.0149. The first-order valence-electron chi connectivity index (χ1n) is 7.24. The second kappa shape index (κ2) is 7.04. The van der Waals surface area contributed by atoms with Crippen LogP contribution in [0.1, 0.15) is 32.2 Å². The van der Waals surface area contributed by atoms with Crippen LogP contribution in [0.25, 0.3) is 0 Å². The molecule has 2 aromatic rings. The second-order valence-electron chi connectivity index (χ2n) is 6.18. The molecule has 7 heteroatoms. The van der Waals surface area contributed by atoms with Crippen LogP contribution in [0.3, 0.4) is 0 Å². The molecule has 124 valence electrons. The molecule has 0 aliphatic carbocycles. The lowest BCUT2D eigenvalue weighted by Gasteiger charge is -2.22. The molecule has 0 atom stereocenters. The van der Waals surface area contributed by atoms with Gasteiger partial charge in [0.05, 0.1) is 5.75 Å². The maximum Gasteiger partial charge on any atom is 0.313 e. The zero-order valence-corrected chi connectivity index (χ0v) is 14.6. The highest BCUT2D eigenvalue weighted by Crippen LogP contribution is 2.31. The summed E-state index contributed by atoms with van der Waals surface area (Å²) in [6, 6.07) is 7.93. The van der Waals surface area contributed by atoms with E-state index in [0.29, 0.717) is 11.0 Å². The van der Waals surface area contributed by atoms with Crippen LogP contribution >= 0.6 is 11.8 Å². The molecule has 0 bridgehead atoms. The van der Waals surface area contributed by atoms with E-state index in [9.17, 15) is 4.79 Å². The average molecular weight is 335 g/mol. The maximum atomic E-state index is 10.6. The fourth-order valence-corrected chi connectivity index (χ4v) is 2.73. The van der Waals surface area contributed by atoms with Crippen LogP contribution in [-0.2, 0) is 23.9 Å². The molecular formula is C16H21N3O3S. The second-order valence-corrected chi connectivity index (χ2v) is 7.12. The molecular weight excluding hydrogens is 314 g/mol. The number of nitrogens with zero attached hydrogens (tertiary/aromatic N) is 3. The first-order valence-corrected chi connectivity index (χ1v) is 8.23. The number of ether oxygens (including phenoxy) is 1. The van der Waals surface area contributed by atoms with E-state index < -0.39 is 5.97 Å². The van der Waals surface area contributed by atoms with Gasteiger partial charge in [0.1, 0.15) is 12.4 Å². The number of aromatic nitrogens is 3. The fourth-order valence-electron chi connectivity index (χ4n) is 2.08. The zero-order chi connectivity index (χ0) is 17.0. The van der Waals surface area contributed by atoms with Crippen molar-refractivity contribution in [1.82, 2.24) is 14.8 Å². The standard InChI is InChI=1S/C16H21N3O3S/c1-16(2,3)11-7-5-6-8-12(11)22-9-13-17-18-15(19(13)4)23-10-14(20)21/h5-8H,9-10H2,1-4H3,(H,20,21). The molecule has 2 rings (SSSR count). The summed E-state index contributed by atoms with van der Waals surface area (Å²) in [5.74, 6) is 0.555. The van der Waals surface area contributed by atoms with Gasteiger partial charge >= 0.3 is 5.97 Å². The highest BCUT2D eigenvalue weighted by molar-refractivity contribution is 7.99.